The number of nitro benzene ring substituents is 1. The Balaban J connectivity index is 1.87. The number of rotatable bonds is 5. The van der Waals surface area contributed by atoms with Gasteiger partial charge in [0, 0.05) is 25.7 Å². The molecular formula is C12H16N2O5. The number of hydrogen-bond acceptors (Lipinski definition) is 6. The molecule has 0 amide bonds. The molecule has 1 aliphatic heterocycles. The van der Waals surface area contributed by atoms with E-state index < -0.39 is 4.92 Å². The molecular weight excluding hydrogens is 252 g/mol. The number of aromatic hydroxyl groups is 1. The van der Waals surface area contributed by atoms with E-state index in [1.54, 1.807) is 0 Å². The van der Waals surface area contributed by atoms with Crippen LogP contribution < -0.4 is 4.74 Å². The summed E-state index contributed by atoms with van der Waals surface area (Å²) in [5.41, 5.74) is -0.0980. The van der Waals surface area contributed by atoms with Gasteiger partial charge in [0.25, 0.3) is 5.69 Å². The fourth-order valence-electron chi connectivity index (χ4n) is 1.84. The molecule has 0 bridgehead atoms. The Morgan fingerprint density at radius 1 is 1.42 bits per heavy atom. The maximum absolute atomic E-state index is 10.6. The monoisotopic (exact) mass is 268 g/mol. The van der Waals surface area contributed by atoms with Crippen LogP contribution in [0.2, 0.25) is 0 Å². The van der Waals surface area contributed by atoms with Crippen LogP contribution in [0.5, 0.6) is 11.5 Å². The number of non-ortho nitro benzene ring substituents is 1. The second-order valence-corrected chi connectivity index (χ2v) is 4.21. The number of benzene rings is 1. The number of phenols is 1. The van der Waals surface area contributed by atoms with Crippen molar-refractivity contribution in [3.05, 3.63) is 28.3 Å². The van der Waals surface area contributed by atoms with Crippen LogP contribution >= 0.6 is 0 Å². The molecule has 0 radical (unpaired) electrons. The second kappa shape index (κ2) is 6.35. The minimum absolute atomic E-state index is 0.0902. The summed E-state index contributed by atoms with van der Waals surface area (Å²) < 4.78 is 10.6. The van der Waals surface area contributed by atoms with Gasteiger partial charge >= 0.3 is 0 Å². The zero-order valence-electron chi connectivity index (χ0n) is 10.4. The second-order valence-electron chi connectivity index (χ2n) is 4.21. The van der Waals surface area contributed by atoms with Crippen LogP contribution in [0.25, 0.3) is 0 Å². The van der Waals surface area contributed by atoms with E-state index in [-0.39, 0.29) is 17.2 Å². The lowest BCUT2D eigenvalue weighted by molar-refractivity contribution is -0.385. The van der Waals surface area contributed by atoms with Gasteiger partial charge in [-0.1, -0.05) is 0 Å². The molecule has 7 nitrogen and oxygen atoms in total. The first-order chi connectivity index (χ1) is 9.16. The Hall–Kier alpha value is -1.86. The molecule has 1 aromatic carbocycles. The van der Waals surface area contributed by atoms with E-state index in [1.807, 2.05) is 0 Å². The van der Waals surface area contributed by atoms with Crippen molar-refractivity contribution in [1.29, 1.82) is 0 Å². The highest BCUT2D eigenvalue weighted by molar-refractivity contribution is 5.47. The molecule has 0 aliphatic carbocycles. The summed E-state index contributed by atoms with van der Waals surface area (Å²) in [6.45, 7) is 4.19. The zero-order valence-corrected chi connectivity index (χ0v) is 10.4. The molecule has 1 saturated heterocycles. The maximum atomic E-state index is 10.6. The van der Waals surface area contributed by atoms with Crippen LogP contribution in [0.1, 0.15) is 0 Å². The quantitative estimate of drug-likeness (QED) is 0.633. The molecule has 7 heteroatoms. The highest BCUT2D eigenvalue weighted by atomic mass is 16.6. The van der Waals surface area contributed by atoms with E-state index in [2.05, 4.69) is 4.90 Å². The van der Waals surface area contributed by atoms with Gasteiger partial charge in [-0.25, -0.2) is 0 Å². The van der Waals surface area contributed by atoms with Crippen LogP contribution in [0.15, 0.2) is 18.2 Å². The van der Waals surface area contributed by atoms with Gasteiger partial charge in [0.15, 0.2) is 11.5 Å². The third kappa shape index (κ3) is 3.80. The summed E-state index contributed by atoms with van der Waals surface area (Å²) in [6, 6.07) is 3.74. The Labute approximate surface area is 110 Å². The summed E-state index contributed by atoms with van der Waals surface area (Å²) in [5, 5.41) is 20.2. The molecule has 104 valence electrons. The molecule has 1 N–H and O–H groups in total. The van der Waals surface area contributed by atoms with Gasteiger partial charge in [-0.15, -0.1) is 0 Å². The van der Waals surface area contributed by atoms with Crippen molar-refractivity contribution < 1.29 is 19.5 Å². The van der Waals surface area contributed by atoms with Crippen LogP contribution in [-0.2, 0) is 4.74 Å². The SMILES string of the molecule is O=[N+]([O-])c1ccc(O)c(OCCN2CCOCC2)c1. The highest BCUT2D eigenvalue weighted by Crippen LogP contribution is 2.29. The molecule has 1 aromatic rings. The lowest BCUT2D eigenvalue weighted by atomic mass is 10.3. The van der Waals surface area contributed by atoms with Crippen molar-refractivity contribution in [1.82, 2.24) is 4.90 Å². The topological polar surface area (TPSA) is 85.1 Å². The number of ether oxygens (including phenoxy) is 2. The lowest BCUT2D eigenvalue weighted by Gasteiger charge is -2.26. The van der Waals surface area contributed by atoms with E-state index in [1.165, 1.54) is 18.2 Å². The van der Waals surface area contributed by atoms with Gasteiger partial charge in [0.05, 0.1) is 24.2 Å². The average Bonchev–Trinajstić information content (AvgIpc) is 2.42. The van der Waals surface area contributed by atoms with Crippen LogP contribution in [0.3, 0.4) is 0 Å². The van der Waals surface area contributed by atoms with Gasteiger partial charge in [-0.2, -0.15) is 0 Å². The standard InChI is InChI=1S/C12H16N2O5/c15-11-2-1-10(14(16)17)9-12(11)19-8-5-13-3-6-18-7-4-13/h1-2,9,15H,3-8H2. The van der Waals surface area contributed by atoms with Gasteiger partial charge in [-0.05, 0) is 6.07 Å². The largest absolute Gasteiger partial charge is 0.504 e. The zero-order chi connectivity index (χ0) is 13.7. The lowest BCUT2D eigenvalue weighted by Crippen LogP contribution is -2.38. The molecule has 0 spiro atoms. The molecule has 1 heterocycles. The van der Waals surface area contributed by atoms with Crippen molar-refractivity contribution in [3.8, 4) is 11.5 Å². The molecule has 0 unspecified atom stereocenters. The van der Waals surface area contributed by atoms with E-state index in [0.717, 1.165) is 13.1 Å². The van der Waals surface area contributed by atoms with Crippen LogP contribution in [0, 0.1) is 10.1 Å². The Bertz CT molecular complexity index is 446. The number of phenolic OH excluding ortho intramolecular Hbond substituents is 1. The third-order valence-electron chi connectivity index (χ3n) is 2.92. The summed E-state index contributed by atoms with van der Waals surface area (Å²) in [6.07, 6.45) is 0. The van der Waals surface area contributed by atoms with E-state index in [0.29, 0.717) is 26.4 Å². The minimum atomic E-state index is -0.520. The van der Waals surface area contributed by atoms with Crippen molar-refractivity contribution in [2.75, 3.05) is 39.5 Å². The van der Waals surface area contributed by atoms with Gasteiger partial charge in [-0.3, -0.25) is 15.0 Å². The molecule has 0 atom stereocenters. The highest BCUT2D eigenvalue weighted by Gasteiger charge is 2.13. The first-order valence-corrected chi connectivity index (χ1v) is 6.07. The number of nitro groups is 1. The Morgan fingerprint density at radius 3 is 2.84 bits per heavy atom. The molecule has 0 aromatic heterocycles. The number of morpholine rings is 1. The normalized spacial score (nSPS) is 16.2. The molecule has 1 fully saturated rings. The van der Waals surface area contributed by atoms with Crippen molar-refractivity contribution >= 4 is 5.69 Å². The molecule has 2 rings (SSSR count). The van der Waals surface area contributed by atoms with Gasteiger partial charge in [0.1, 0.15) is 6.61 Å². The predicted octanol–water partition coefficient (Wildman–Crippen LogP) is 1.01. The van der Waals surface area contributed by atoms with Crippen LogP contribution in [-0.4, -0.2) is 54.4 Å². The minimum Gasteiger partial charge on any atom is -0.504 e. The van der Waals surface area contributed by atoms with Gasteiger partial charge in [0.2, 0.25) is 0 Å². The van der Waals surface area contributed by atoms with Crippen LogP contribution in [0.4, 0.5) is 5.69 Å². The van der Waals surface area contributed by atoms with E-state index in [4.69, 9.17) is 9.47 Å². The Morgan fingerprint density at radius 2 is 2.16 bits per heavy atom. The fourth-order valence-corrected chi connectivity index (χ4v) is 1.84. The summed E-state index contributed by atoms with van der Waals surface area (Å²) in [4.78, 5) is 12.3. The summed E-state index contributed by atoms with van der Waals surface area (Å²) in [5.74, 6) is 0.0510. The summed E-state index contributed by atoms with van der Waals surface area (Å²) >= 11 is 0. The Kier molecular flexibility index (Phi) is 4.53. The first-order valence-electron chi connectivity index (χ1n) is 6.07. The third-order valence-corrected chi connectivity index (χ3v) is 2.92. The molecule has 19 heavy (non-hydrogen) atoms. The predicted molar refractivity (Wildman–Crippen MR) is 67.5 cm³/mol. The van der Waals surface area contributed by atoms with Gasteiger partial charge < -0.3 is 14.6 Å². The van der Waals surface area contributed by atoms with Crippen molar-refractivity contribution in [2.24, 2.45) is 0 Å². The smallest absolute Gasteiger partial charge is 0.273 e. The van der Waals surface area contributed by atoms with Crippen molar-refractivity contribution in [2.45, 2.75) is 0 Å². The maximum Gasteiger partial charge on any atom is 0.273 e. The van der Waals surface area contributed by atoms with E-state index >= 15 is 0 Å². The fraction of sp³-hybridized carbons (Fsp3) is 0.500. The molecule has 1 aliphatic rings. The molecule has 0 saturated carbocycles. The van der Waals surface area contributed by atoms with E-state index in [9.17, 15) is 15.2 Å². The first kappa shape index (κ1) is 13.6. The van der Waals surface area contributed by atoms with Crippen molar-refractivity contribution in [3.63, 3.8) is 0 Å². The number of hydrogen-bond donors (Lipinski definition) is 1. The summed E-state index contributed by atoms with van der Waals surface area (Å²) in [7, 11) is 0. The number of nitrogens with zero attached hydrogens (tertiary/aromatic N) is 2. The average molecular weight is 268 g/mol.